The van der Waals surface area contributed by atoms with Crippen molar-refractivity contribution in [1.82, 2.24) is 15.1 Å². The quantitative estimate of drug-likeness (QED) is 0.750. The molecule has 0 aliphatic carbocycles. The van der Waals surface area contributed by atoms with Gasteiger partial charge in [-0.25, -0.2) is 0 Å². The summed E-state index contributed by atoms with van der Waals surface area (Å²) in [5, 5.41) is 2.97. The molecular formula is C21H27N3O4. The van der Waals surface area contributed by atoms with Gasteiger partial charge in [-0.2, -0.15) is 0 Å². The molecular weight excluding hydrogens is 358 g/mol. The first-order valence-electron chi connectivity index (χ1n) is 9.69. The van der Waals surface area contributed by atoms with Crippen LogP contribution in [0.4, 0.5) is 0 Å². The van der Waals surface area contributed by atoms with Crippen molar-refractivity contribution in [1.29, 1.82) is 0 Å². The number of carbonyl (C=O) groups is 2. The molecule has 3 rings (SSSR count). The van der Waals surface area contributed by atoms with E-state index in [-0.39, 0.29) is 11.8 Å². The normalized spacial score (nSPS) is 14.7. The zero-order valence-corrected chi connectivity index (χ0v) is 16.2. The third-order valence-corrected chi connectivity index (χ3v) is 4.74. The van der Waals surface area contributed by atoms with Crippen LogP contribution in [0, 0.1) is 0 Å². The summed E-state index contributed by atoms with van der Waals surface area (Å²) in [6.07, 6.45) is 1.87. The van der Waals surface area contributed by atoms with Gasteiger partial charge in [-0.1, -0.05) is 12.1 Å². The predicted octanol–water partition coefficient (Wildman–Crippen LogP) is 1.79. The van der Waals surface area contributed by atoms with Crippen LogP contribution in [0.5, 0.6) is 5.75 Å². The van der Waals surface area contributed by atoms with E-state index in [0.717, 1.165) is 30.9 Å². The first-order valence-corrected chi connectivity index (χ1v) is 9.69. The highest BCUT2D eigenvalue weighted by Crippen LogP contribution is 2.12. The first-order chi connectivity index (χ1) is 13.7. The molecule has 1 aliphatic rings. The van der Waals surface area contributed by atoms with Crippen LogP contribution in [0.25, 0.3) is 0 Å². The Morgan fingerprint density at radius 1 is 1.11 bits per heavy atom. The zero-order valence-electron chi connectivity index (χ0n) is 16.2. The number of carbonyl (C=O) groups excluding carboxylic acids is 2. The largest absolute Gasteiger partial charge is 0.494 e. The summed E-state index contributed by atoms with van der Waals surface area (Å²) in [7, 11) is 0. The summed E-state index contributed by atoms with van der Waals surface area (Å²) in [4.78, 5) is 28.4. The highest BCUT2D eigenvalue weighted by Gasteiger charge is 2.23. The van der Waals surface area contributed by atoms with Crippen LogP contribution in [0.15, 0.2) is 47.1 Å². The van der Waals surface area contributed by atoms with Crippen molar-refractivity contribution < 1.29 is 18.7 Å². The fourth-order valence-electron chi connectivity index (χ4n) is 3.20. The first kappa shape index (κ1) is 19.9. The SMILES string of the molecule is CCOc1ccc(CC(=O)NCCN2CCN(C(=O)c3ccco3)CC2)cc1. The van der Waals surface area contributed by atoms with E-state index in [1.165, 1.54) is 6.26 Å². The Kier molecular flexibility index (Phi) is 7.08. The standard InChI is InChI=1S/C21H27N3O4/c1-2-27-18-7-5-17(6-8-18)16-20(25)22-9-10-23-11-13-24(14-12-23)21(26)19-4-3-15-28-19/h3-8,15H,2,9-14,16H2,1H3,(H,22,25). The highest BCUT2D eigenvalue weighted by atomic mass is 16.5. The second-order valence-corrected chi connectivity index (χ2v) is 6.71. The van der Waals surface area contributed by atoms with Gasteiger partial charge in [0.1, 0.15) is 5.75 Å². The number of piperazine rings is 1. The van der Waals surface area contributed by atoms with Gasteiger partial charge in [0.05, 0.1) is 19.3 Å². The monoisotopic (exact) mass is 385 g/mol. The molecule has 0 unspecified atom stereocenters. The highest BCUT2D eigenvalue weighted by molar-refractivity contribution is 5.91. The second kappa shape index (κ2) is 9.94. The van der Waals surface area contributed by atoms with Gasteiger partial charge in [0, 0.05) is 39.3 Å². The van der Waals surface area contributed by atoms with E-state index in [4.69, 9.17) is 9.15 Å². The third-order valence-electron chi connectivity index (χ3n) is 4.74. The van der Waals surface area contributed by atoms with Crippen molar-refractivity contribution >= 4 is 11.8 Å². The molecule has 2 aromatic rings. The van der Waals surface area contributed by atoms with Crippen LogP contribution in [-0.2, 0) is 11.2 Å². The number of nitrogens with one attached hydrogen (secondary N) is 1. The molecule has 150 valence electrons. The topological polar surface area (TPSA) is 75.0 Å². The Balaban J connectivity index is 1.33. The molecule has 0 atom stereocenters. The number of rotatable bonds is 8. The number of hydrogen-bond acceptors (Lipinski definition) is 5. The molecule has 1 saturated heterocycles. The van der Waals surface area contributed by atoms with Gasteiger partial charge in [0.2, 0.25) is 5.91 Å². The molecule has 0 spiro atoms. The summed E-state index contributed by atoms with van der Waals surface area (Å²) >= 11 is 0. The molecule has 2 amide bonds. The molecule has 28 heavy (non-hydrogen) atoms. The van der Waals surface area contributed by atoms with E-state index in [9.17, 15) is 9.59 Å². The lowest BCUT2D eigenvalue weighted by Crippen LogP contribution is -2.50. The smallest absolute Gasteiger partial charge is 0.289 e. The fraction of sp³-hybridized carbons (Fsp3) is 0.429. The van der Waals surface area contributed by atoms with Crippen LogP contribution >= 0.6 is 0 Å². The van der Waals surface area contributed by atoms with Gasteiger partial charge < -0.3 is 19.4 Å². The van der Waals surface area contributed by atoms with E-state index in [2.05, 4.69) is 10.2 Å². The van der Waals surface area contributed by atoms with Gasteiger partial charge in [-0.05, 0) is 36.8 Å². The third kappa shape index (κ3) is 5.60. The minimum Gasteiger partial charge on any atom is -0.494 e. The maximum atomic E-state index is 12.3. The molecule has 1 aromatic carbocycles. The number of hydrogen-bond donors (Lipinski definition) is 1. The van der Waals surface area contributed by atoms with Crippen LogP contribution in [0.3, 0.4) is 0 Å². The maximum absolute atomic E-state index is 12.3. The van der Waals surface area contributed by atoms with Crippen molar-refractivity contribution in [2.75, 3.05) is 45.9 Å². The van der Waals surface area contributed by atoms with Gasteiger partial charge in [0.25, 0.3) is 5.91 Å². The van der Waals surface area contributed by atoms with Crippen molar-refractivity contribution in [2.24, 2.45) is 0 Å². The molecule has 0 bridgehead atoms. The molecule has 0 radical (unpaired) electrons. The molecule has 2 heterocycles. The Morgan fingerprint density at radius 2 is 1.86 bits per heavy atom. The van der Waals surface area contributed by atoms with Gasteiger partial charge >= 0.3 is 0 Å². The molecule has 1 aliphatic heterocycles. The molecule has 7 nitrogen and oxygen atoms in total. The van der Waals surface area contributed by atoms with Crippen LogP contribution < -0.4 is 10.1 Å². The van der Waals surface area contributed by atoms with Crippen molar-refractivity contribution in [2.45, 2.75) is 13.3 Å². The summed E-state index contributed by atoms with van der Waals surface area (Å²) in [5.74, 6) is 1.15. The molecule has 1 aromatic heterocycles. The maximum Gasteiger partial charge on any atom is 0.289 e. The van der Waals surface area contributed by atoms with Crippen LogP contribution in [0.1, 0.15) is 23.0 Å². The number of furan rings is 1. The van der Waals surface area contributed by atoms with E-state index < -0.39 is 0 Å². The Bertz CT molecular complexity index is 750. The lowest BCUT2D eigenvalue weighted by Gasteiger charge is -2.34. The number of benzene rings is 1. The lowest BCUT2D eigenvalue weighted by molar-refractivity contribution is -0.120. The summed E-state index contributed by atoms with van der Waals surface area (Å²) in [5.41, 5.74) is 0.964. The Morgan fingerprint density at radius 3 is 2.50 bits per heavy atom. The van der Waals surface area contributed by atoms with Crippen molar-refractivity contribution in [3.63, 3.8) is 0 Å². The minimum absolute atomic E-state index is 0.00999. The van der Waals surface area contributed by atoms with E-state index in [1.54, 1.807) is 17.0 Å². The molecule has 0 saturated carbocycles. The van der Waals surface area contributed by atoms with E-state index in [1.807, 2.05) is 31.2 Å². The van der Waals surface area contributed by atoms with Crippen LogP contribution in [-0.4, -0.2) is 67.5 Å². The van der Waals surface area contributed by atoms with Crippen molar-refractivity contribution in [3.05, 3.63) is 54.0 Å². The number of amides is 2. The summed E-state index contributed by atoms with van der Waals surface area (Å²) in [6.45, 7) is 6.87. The fourth-order valence-corrected chi connectivity index (χ4v) is 3.20. The van der Waals surface area contributed by atoms with E-state index in [0.29, 0.717) is 38.4 Å². The second-order valence-electron chi connectivity index (χ2n) is 6.71. The molecule has 1 N–H and O–H groups in total. The van der Waals surface area contributed by atoms with Gasteiger partial charge in [0.15, 0.2) is 5.76 Å². The Labute approximate surface area is 165 Å². The van der Waals surface area contributed by atoms with Crippen molar-refractivity contribution in [3.8, 4) is 5.75 Å². The summed E-state index contributed by atoms with van der Waals surface area (Å²) < 4.78 is 10.6. The van der Waals surface area contributed by atoms with Crippen LogP contribution in [0.2, 0.25) is 0 Å². The average molecular weight is 385 g/mol. The lowest BCUT2D eigenvalue weighted by atomic mass is 10.1. The average Bonchev–Trinajstić information content (AvgIpc) is 3.24. The summed E-state index contributed by atoms with van der Waals surface area (Å²) in [6, 6.07) is 11.0. The van der Waals surface area contributed by atoms with E-state index >= 15 is 0 Å². The molecule has 7 heteroatoms. The van der Waals surface area contributed by atoms with Gasteiger partial charge in [-0.3, -0.25) is 14.5 Å². The molecule has 1 fully saturated rings. The number of ether oxygens (including phenoxy) is 1. The minimum atomic E-state index is -0.0618. The number of nitrogens with zero attached hydrogens (tertiary/aromatic N) is 2. The zero-order chi connectivity index (χ0) is 19.8. The Hall–Kier alpha value is -2.80. The van der Waals surface area contributed by atoms with Gasteiger partial charge in [-0.15, -0.1) is 0 Å². The predicted molar refractivity (Wildman–Crippen MR) is 105 cm³/mol.